The number of allylic oxidation sites excluding steroid dienone is 1. The normalized spacial score (nSPS) is 10.3. The first-order chi connectivity index (χ1) is 9.78. The van der Waals surface area contributed by atoms with E-state index in [-0.39, 0.29) is 0 Å². The van der Waals surface area contributed by atoms with Gasteiger partial charge in [0.2, 0.25) is 0 Å². The second-order valence-electron chi connectivity index (χ2n) is 4.13. The van der Waals surface area contributed by atoms with E-state index in [1.165, 1.54) is 0 Å². The maximum absolute atomic E-state index is 5.75. The van der Waals surface area contributed by atoms with Crippen LogP contribution >= 0.6 is 0 Å². The van der Waals surface area contributed by atoms with Gasteiger partial charge in [-0.05, 0) is 12.1 Å². The van der Waals surface area contributed by atoms with Crippen molar-refractivity contribution in [2.45, 2.75) is 19.7 Å². The average molecular weight is 274 g/mol. The van der Waals surface area contributed by atoms with Crippen molar-refractivity contribution in [3.8, 4) is 11.5 Å². The minimum atomic E-state index is 0.327. The Morgan fingerprint density at radius 2 is 2.20 bits per heavy atom. The van der Waals surface area contributed by atoms with Gasteiger partial charge in [0.25, 0.3) is 0 Å². The van der Waals surface area contributed by atoms with Gasteiger partial charge in [-0.25, -0.2) is 4.68 Å². The molecule has 106 valence electrons. The Labute approximate surface area is 117 Å². The predicted octanol–water partition coefficient (Wildman–Crippen LogP) is 1.51. The van der Waals surface area contributed by atoms with Gasteiger partial charge in [-0.2, -0.15) is 0 Å². The summed E-state index contributed by atoms with van der Waals surface area (Å²) in [6.07, 6.45) is 1.75. The highest BCUT2D eigenvalue weighted by atomic mass is 16.5. The van der Waals surface area contributed by atoms with Crippen molar-refractivity contribution < 1.29 is 9.47 Å². The molecule has 0 saturated heterocycles. The van der Waals surface area contributed by atoms with Crippen molar-refractivity contribution >= 4 is 0 Å². The van der Waals surface area contributed by atoms with Gasteiger partial charge in [-0.15, -0.1) is 11.7 Å². The first-order valence-corrected chi connectivity index (χ1v) is 6.27. The average Bonchev–Trinajstić information content (AvgIpc) is 2.88. The summed E-state index contributed by atoms with van der Waals surface area (Å²) < 4.78 is 12.6. The Morgan fingerprint density at radius 1 is 1.40 bits per heavy atom. The summed E-state index contributed by atoms with van der Waals surface area (Å²) in [5, 5.41) is 8.07. The van der Waals surface area contributed by atoms with E-state index in [2.05, 4.69) is 16.9 Å². The molecule has 0 amide bonds. The molecule has 2 aromatic rings. The van der Waals surface area contributed by atoms with E-state index in [4.69, 9.17) is 15.2 Å². The summed E-state index contributed by atoms with van der Waals surface area (Å²) in [6, 6.07) is 7.43. The molecule has 1 heterocycles. The molecular weight excluding hydrogens is 256 g/mol. The SMILES string of the molecule is C=CCn1nnc(CN)c1COc1cccc(OC)c1. The fourth-order valence-corrected chi connectivity index (χ4v) is 1.80. The topological polar surface area (TPSA) is 75.2 Å². The molecule has 0 fully saturated rings. The molecule has 6 heteroatoms. The van der Waals surface area contributed by atoms with Crippen LogP contribution in [0.2, 0.25) is 0 Å². The second-order valence-corrected chi connectivity index (χ2v) is 4.13. The fraction of sp³-hybridized carbons (Fsp3) is 0.286. The summed E-state index contributed by atoms with van der Waals surface area (Å²) in [5.74, 6) is 1.47. The molecule has 2 N–H and O–H groups in total. The highest BCUT2D eigenvalue weighted by molar-refractivity contribution is 5.33. The summed E-state index contributed by atoms with van der Waals surface area (Å²) in [4.78, 5) is 0. The lowest BCUT2D eigenvalue weighted by atomic mass is 10.3. The standard InChI is InChI=1S/C14H18N4O2/c1-3-7-18-14(13(9-15)16-17-18)10-20-12-6-4-5-11(8-12)19-2/h3-6,8H,1,7,9-10,15H2,2H3. The van der Waals surface area contributed by atoms with Crippen LogP contribution in [-0.4, -0.2) is 22.1 Å². The van der Waals surface area contributed by atoms with Crippen molar-refractivity contribution in [1.82, 2.24) is 15.0 Å². The molecule has 0 atom stereocenters. The van der Waals surface area contributed by atoms with Crippen LogP contribution in [0.1, 0.15) is 11.4 Å². The number of ether oxygens (including phenoxy) is 2. The number of hydrogen-bond donors (Lipinski definition) is 1. The lowest BCUT2D eigenvalue weighted by Crippen LogP contribution is -2.10. The largest absolute Gasteiger partial charge is 0.497 e. The van der Waals surface area contributed by atoms with E-state index in [1.54, 1.807) is 17.9 Å². The molecule has 0 unspecified atom stereocenters. The number of aromatic nitrogens is 3. The number of hydrogen-bond acceptors (Lipinski definition) is 5. The van der Waals surface area contributed by atoms with Gasteiger partial charge < -0.3 is 15.2 Å². The maximum Gasteiger partial charge on any atom is 0.132 e. The first kappa shape index (κ1) is 14.1. The third-order valence-corrected chi connectivity index (χ3v) is 2.83. The van der Waals surface area contributed by atoms with Crippen LogP contribution in [-0.2, 0) is 19.7 Å². The smallest absolute Gasteiger partial charge is 0.132 e. The Morgan fingerprint density at radius 3 is 2.90 bits per heavy atom. The Balaban J connectivity index is 2.12. The van der Waals surface area contributed by atoms with Gasteiger partial charge in [-0.3, -0.25) is 0 Å². The Kier molecular flexibility index (Phi) is 4.73. The third kappa shape index (κ3) is 3.16. The lowest BCUT2D eigenvalue weighted by molar-refractivity contribution is 0.290. The van der Waals surface area contributed by atoms with Gasteiger partial charge in [0.15, 0.2) is 0 Å². The molecule has 20 heavy (non-hydrogen) atoms. The van der Waals surface area contributed by atoms with E-state index in [1.807, 2.05) is 24.3 Å². The highest BCUT2D eigenvalue weighted by Gasteiger charge is 2.11. The first-order valence-electron chi connectivity index (χ1n) is 6.27. The van der Waals surface area contributed by atoms with Gasteiger partial charge >= 0.3 is 0 Å². The van der Waals surface area contributed by atoms with Gasteiger partial charge in [0, 0.05) is 12.6 Å². The van der Waals surface area contributed by atoms with Crippen molar-refractivity contribution in [1.29, 1.82) is 0 Å². The van der Waals surface area contributed by atoms with Crippen LogP contribution in [0.4, 0.5) is 0 Å². The monoisotopic (exact) mass is 274 g/mol. The molecule has 0 aliphatic rings. The third-order valence-electron chi connectivity index (χ3n) is 2.83. The molecular formula is C14H18N4O2. The van der Waals surface area contributed by atoms with E-state index >= 15 is 0 Å². The molecule has 2 rings (SSSR count). The molecule has 0 radical (unpaired) electrons. The number of nitrogens with zero attached hydrogens (tertiary/aromatic N) is 3. The van der Waals surface area contributed by atoms with Crippen molar-refractivity contribution in [2.75, 3.05) is 7.11 Å². The van der Waals surface area contributed by atoms with Crippen LogP contribution in [0.15, 0.2) is 36.9 Å². The maximum atomic E-state index is 5.75. The van der Waals surface area contributed by atoms with Crippen LogP contribution < -0.4 is 15.2 Å². The van der Waals surface area contributed by atoms with Gasteiger partial charge in [0.05, 0.1) is 13.7 Å². The zero-order valence-corrected chi connectivity index (χ0v) is 11.5. The van der Waals surface area contributed by atoms with E-state index in [0.29, 0.717) is 19.7 Å². The van der Waals surface area contributed by atoms with Gasteiger partial charge in [-0.1, -0.05) is 17.4 Å². The number of nitrogens with two attached hydrogens (primary N) is 1. The van der Waals surface area contributed by atoms with E-state index in [0.717, 1.165) is 22.9 Å². The summed E-state index contributed by atoms with van der Waals surface area (Å²) in [6.45, 7) is 4.94. The second kappa shape index (κ2) is 6.72. The predicted molar refractivity (Wildman–Crippen MR) is 75.4 cm³/mol. The Bertz CT molecular complexity index is 580. The fourth-order valence-electron chi connectivity index (χ4n) is 1.80. The molecule has 0 aliphatic carbocycles. The molecule has 1 aromatic heterocycles. The lowest BCUT2D eigenvalue weighted by Gasteiger charge is -2.09. The van der Waals surface area contributed by atoms with Crippen molar-refractivity contribution in [3.63, 3.8) is 0 Å². The van der Waals surface area contributed by atoms with Crippen LogP contribution in [0.5, 0.6) is 11.5 Å². The van der Waals surface area contributed by atoms with E-state index < -0.39 is 0 Å². The minimum Gasteiger partial charge on any atom is -0.497 e. The van der Waals surface area contributed by atoms with Crippen LogP contribution in [0.25, 0.3) is 0 Å². The molecule has 6 nitrogen and oxygen atoms in total. The highest BCUT2D eigenvalue weighted by Crippen LogP contribution is 2.20. The molecule has 0 spiro atoms. The number of benzene rings is 1. The van der Waals surface area contributed by atoms with Crippen LogP contribution in [0.3, 0.4) is 0 Å². The molecule has 0 aliphatic heterocycles. The minimum absolute atomic E-state index is 0.327. The Hall–Kier alpha value is -2.34. The number of rotatable bonds is 7. The molecule has 0 saturated carbocycles. The molecule has 0 bridgehead atoms. The summed E-state index contributed by atoms with van der Waals surface area (Å²) in [7, 11) is 1.62. The summed E-state index contributed by atoms with van der Waals surface area (Å²) in [5.41, 5.74) is 7.25. The van der Waals surface area contributed by atoms with Crippen molar-refractivity contribution in [3.05, 3.63) is 48.3 Å². The van der Waals surface area contributed by atoms with Crippen LogP contribution in [0, 0.1) is 0 Å². The van der Waals surface area contributed by atoms with Crippen molar-refractivity contribution in [2.24, 2.45) is 5.73 Å². The molecule has 1 aromatic carbocycles. The zero-order chi connectivity index (χ0) is 14.4. The van der Waals surface area contributed by atoms with Gasteiger partial charge in [0.1, 0.15) is 29.5 Å². The number of methoxy groups -OCH3 is 1. The quantitative estimate of drug-likeness (QED) is 0.775. The van der Waals surface area contributed by atoms with E-state index in [9.17, 15) is 0 Å². The summed E-state index contributed by atoms with van der Waals surface area (Å²) >= 11 is 0. The zero-order valence-electron chi connectivity index (χ0n) is 11.5.